The van der Waals surface area contributed by atoms with Crippen LogP contribution in [0.15, 0.2) is 4.99 Å². The van der Waals surface area contributed by atoms with Gasteiger partial charge in [0.15, 0.2) is 0 Å². The maximum Gasteiger partial charge on any atom is 0.235 e. The largest absolute Gasteiger partial charge is 0.252 e. The summed E-state index contributed by atoms with van der Waals surface area (Å²) in [6.07, 6.45) is 3.39. The highest BCUT2D eigenvalue weighted by atomic mass is 16.1. The van der Waals surface area contributed by atoms with E-state index in [1.165, 1.54) is 0 Å². The number of rotatable bonds is 3. The maximum atomic E-state index is 10.4. The predicted molar refractivity (Wildman–Crippen MR) is 54.1 cm³/mol. The van der Waals surface area contributed by atoms with Crippen LogP contribution in [-0.2, 0) is 17.4 Å². The van der Waals surface area contributed by atoms with Crippen LogP contribution in [-0.4, -0.2) is 21.1 Å². The van der Waals surface area contributed by atoms with E-state index in [0.717, 1.165) is 24.2 Å². The molecule has 80 valence electrons. The SMILES string of the molecule is CC(C)c1c(C2(N=C=O)CC2)nnn1C. The summed E-state index contributed by atoms with van der Waals surface area (Å²) in [5, 5.41) is 8.13. The number of aliphatic imine (C=N–C) groups is 1. The Morgan fingerprint density at radius 2 is 2.20 bits per heavy atom. The van der Waals surface area contributed by atoms with Crippen molar-refractivity contribution < 1.29 is 4.79 Å². The van der Waals surface area contributed by atoms with Crippen molar-refractivity contribution in [2.45, 2.75) is 38.1 Å². The molecular weight excluding hydrogens is 192 g/mol. The molecule has 0 unspecified atom stereocenters. The van der Waals surface area contributed by atoms with Gasteiger partial charge in [0.05, 0.1) is 5.69 Å². The molecule has 1 aliphatic carbocycles. The van der Waals surface area contributed by atoms with Gasteiger partial charge in [-0.2, -0.15) is 4.99 Å². The molecule has 0 bridgehead atoms. The molecule has 15 heavy (non-hydrogen) atoms. The summed E-state index contributed by atoms with van der Waals surface area (Å²) < 4.78 is 1.76. The van der Waals surface area contributed by atoms with Gasteiger partial charge in [-0.25, -0.2) is 4.79 Å². The fraction of sp³-hybridized carbons (Fsp3) is 0.700. The Bertz CT molecular complexity index is 425. The predicted octanol–water partition coefficient (Wildman–Crippen LogP) is 1.26. The zero-order chi connectivity index (χ0) is 11.1. The average Bonchev–Trinajstić information content (AvgIpc) is 2.82. The Kier molecular flexibility index (Phi) is 2.20. The van der Waals surface area contributed by atoms with Crippen molar-refractivity contribution in [2.75, 3.05) is 0 Å². The highest BCUT2D eigenvalue weighted by molar-refractivity contribution is 5.40. The molecule has 2 rings (SSSR count). The second kappa shape index (κ2) is 3.28. The number of aryl methyl sites for hydroxylation is 1. The molecule has 1 saturated carbocycles. The minimum Gasteiger partial charge on any atom is -0.252 e. The molecular formula is C10H14N4O. The molecule has 1 aliphatic rings. The van der Waals surface area contributed by atoms with Crippen molar-refractivity contribution >= 4 is 6.08 Å². The van der Waals surface area contributed by atoms with E-state index in [4.69, 9.17) is 0 Å². The summed E-state index contributed by atoms with van der Waals surface area (Å²) in [6, 6.07) is 0. The van der Waals surface area contributed by atoms with Crippen LogP contribution in [0, 0.1) is 0 Å². The zero-order valence-electron chi connectivity index (χ0n) is 9.19. The average molecular weight is 206 g/mol. The number of hydrogen-bond donors (Lipinski definition) is 0. The van der Waals surface area contributed by atoms with Gasteiger partial charge < -0.3 is 0 Å². The van der Waals surface area contributed by atoms with Crippen LogP contribution in [0.1, 0.15) is 44.0 Å². The van der Waals surface area contributed by atoms with Crippen molar-refractivity contribution in [3.05, 3.63) is 11.4 Å². The molecule has 5 heteroatoms. The smallest absolute Gasteiger partial charge is 0.235 e. The van der Waals surface area contributed by atoms with Gasteiger partial charge in [0.1, 0.15) is 11.2 Å². The van der Waals surface area contributed by atoms with Crippen molar-refractivity contribution in [3.8, 4) is 0 Å². The standard InChI is InChI=1S/C10H14N4O/c1-7(2)8-9(12-13-14(8)3)10(4-5-10)11-6-15/h7H,4-5H2,1-3H3. The fourth-order valence-corrected chi connectivity index (χ4v) is 1.95. The highest BCUT2D eigenvalue weighted by Crippen LogP contribution is 2.50. The summed E-state index contributed by atoms with van der Waals surface area (Å²) >= 11 is 0. The third-order valence-electron chi connectivity index (χ3n) is 2.84. The van der Waals surface area contributed by atoms with E-state index >= 15 is 0 Å². The zero-order valence-corrected chi connectivity index (χ0v) is 9.19. The molecule has 1 heterocycles. The molecule has 1 aromatic heterocycles. The number of nitrogens with zero attached hydrogens (tertiary/aromatic N) is 4. The molecule has 0 aromatic carbocycles. The van der Waals surface area contributed by atoms with Gasteiger partial charge >= 0.3 is 0 Å². The van der Waals surface area contributed by atoms with E-state index < -0.39 is 5.54 Å². The number of isocyanates is 1. The van der Waals surface area contributed by atoms with E-state index in [9.17, 15) is 4.79 Å². The van der Waals surface area contributed by atoms with Gasteiger partial charge in [0.25, 0.3) is 0 Å². The normalized spacial score (nSPS) is 17.6. The molecule has 0 saturated heterocycles. The van der Waals surface area contributed by atoms with Crippen LogP contribution in [0.2, 0.25) is 0 Å². The van der Waals surface area contributed by atoms with E-state index in [0.29, 0.717) is 5.92 Å². The summed E-state index contributed by atoms with van der Waals surface area (Å²) in [7, 11) is 1.87. The molecule has 0 aliphatic heterocycles. The molecule has 5 nitrogen and oxygen atoms in total. The van der Waals surface area contributed by atoms with Gasteiger partial charge in [-0.05, 0) is 18.8 Å². The van der Waals surface area contributed by atoms with Crippen LogP contribution < -0.4 is 0 Å². The summed E-state index contributed by atoms with van der Waals surface area (Å²) in [5.74, 6) is 0.333. The van der Waals surface area contributed by atoms with Crippen LogP contribution in [0.5, 0.6) is 0 Å². The summed E-state index contributed by atoms with van der Waals surface area (Å²) in [4.78, 5) is 14.2. The summed E-state index contributed by atoms with van der Waals surface area (Å²) in [5.41, 5.74) is 1.50. The lowest BCUT2D eigenvalue weighted by atomic mass is 10.0. The molecule has 0 radical (unpaired) electrons. The van der Waals surface area contributed by atoms with Gasteiger partial charge in [0.2, 0.25) is 6.08 Å². The maximum absolute atomic E-state index is 10.4. The van der Waals surface area contributed by atoms with Crippen molar-refractivity contribution in [1.82, 2.24) is 15.0 Å². The van der Waals surface area contributed by atoms with Crippen LogP contribution >= 0.6 is 0 Å². The van der Waals surface area contributed by atoms with E-state index in [2.05, 4.69) is 29.2 Å². The Labute approximate surface area is 88.2 Å². The van der Waals surface area contributed by atoms with Crippen molar-refractivity contribution in [3.63, 3.8) is 0 Å². The number of aromatic nitrogens is 3. The van der Waals surface area contributed by atoms with Crippen LogP contribution in [0.4, 0.5) is 0 Å². The monoisotopic (exact) mass is 206 g/mol. The lowest BCUT2D eigenvalue weighted by Gasteiger charge is -2.10. The second-order valence-corrected chi connectivity index (χ2v) is 4.34. The topological polar surface area (TPSA) is 60.1 Å². The van der Waals surface area contributed by atoms with Crippen molar-refractivity contribution in [2.24, 2.45) is 12.0 Å². The first kappa shape index (κ1) is 10.1. The first-order valence-electron chi connectivity index (χ1n) is 5.10. The third kappa shape index (κ3) is 1.49. The number of carbonyl (C=O) groups excluding carboxylic acids is 1. The molecule has 0 N–H and O–H groups in total. The van der Waals surface area contributed by atoms with Gasteiger partial charge in [-0.3, -0.25) is 4.68 Å². The Balaban J connectivity index is 2.49. The lowest BCUT2D eigenvalue weighted by Crippen LogP contribution is -2.10. The quantitative estimate of drug-likeness (QED) is 0.552. The first-order chi connectivity index (χ1) is 7.10. The van der Waals surface area contributed by atoms with Crippen LogP contribution in [0.3, 0.4) is 0 Å². The van der Waals surface area contributed by atoms with E-state index in [1.807, 2.05) is 7.05 Å². The second-order valence-electron chi connectivity index (χ2n) is 4.34. The lowest BCUT2D eigenvalue weighted by molar-refractivity contribution is 0.554. The molecule has 0 atom stereocenters. The third-order valence-corrected chi connectivity index (χ3v) is 2.84. The number of hydrogen-bond acceptors (Lipinski definition) is 4. The van der Waals surface area contributed by atoms with E-state index in [-0.39, 0.29) is 0 Å². The highest BCUT2D eigenvalue weighted by Gasteiger charge is 2.49. The van der Waals surface area contributed by atoms with Gasteiger partial charge in [-0.1, -0.05) is 19.1 Å². The van der Waals surface area contributed by atoms with Gasteiger partial charge in [-0.15, -0.1) is 5.10 Å². The fourth-order valence-electron chi connectivity index (χ4n) is 1.95. The first-order valence-corrected chi connectivity index (χ1v) is 5.10. The molecule has 0 spiro atoms. The minimum atomic E-state index is -0.407. The van der Waals surface area contributed by atoms with Gasteiger partial charge in [0, 0.05) is 7.05 Å². The van der Waals surface area contributed by atoms with E-state index in [1.54, 1.807) is 10.8 Å². The summed E-state index contributed by atoms with van der Waals surface area (Å²) in [6.45, 7) is 4.17. The molecule has 1 aromatic rings. The van der Waals surface area contributed by atoms with Crippen LogP contribution in [0.25, 0.3) is 0 Å². The van der Waals surface area contributed by atoms with Crippen molar-refractivity contribution in [1.29, 1.82) is 0 Å². The Hall–Kier alpha value is -1.48. The minimum absolute atomic E-state index is 0.333. The molecule has 1 fully saturated rings. The molecule has 0 amide bonds. The Morgan fingerprint density at radius 3 is 2.67 bits per heavy atom. The Morgan fingerprint density at radius 1 is 1.53 bits per heavy atom.